The Balaban J connectivity index is 3.01. The topological polar surface area (TPSA) is 126 Å². The number of nitrogens with one attached hydrogen (secondary N) is 1. The molecule has 0 radical (unpaired) electrons. The van der Waals surface area contributed by atoms with Crippen LogP contribution in [0.3, 0.4) is 0 Å². The Hall–Kier alpha value is -2.36. The van der Waals surface area contributed by atoms with Crippen LogP contribution < -0.4 is 5.32 Å². The van der Waals surface area contributed by atoms with Gasteiger partial charge in [-0.1, -0.05) is 0 Å². The van der Waals surface area contributed by atoms with Crippen LogP contribution in [0.1, 0.15) is 27.7 Å². The van der Waals surface area contributed by atoms with E-state index in [1.807, 2.05) is 0 Å². The third-order valence-electron chi connectivity index (χ3n) is 2.89. The maximum Gasteiger partial charge on any atom is 0.409 e. The maximum atomic E-state index is 11.6. The third-order valence-corrected chi connectivity index (χ3v) is 2.89. The molecule has 1 amide bonds. The number of amides is 1. The number of hydrogen-bond donors (Lipinski definition) is 1. The van der Waals surface area contributed by atoms with Crippen molar-refractivity contribution in [3.63, 3.8) is 0 Å². The molecule has 0 aliphatic carbocycles. The van der Waals surface area contributed by atoms with E-state index >= 15 is 0 Å². The zero-order valence-corrected chi connectivity index (χ0v) is 13.9. The lowest BCUT2D eigenvalue weighted by Gasteiger charge is -2.40. The Bertz CT molecular complexity index is 493. The summed E-state index contributed by atoms with van der Waals surface area (Å²) >= 11 is 0. The first-order chi connectivity index (χ1) is 11.2. The SMILES string of the molecule is CCOC(=O)N[C@H]1OC[C@@H](OC(C)=O)[C@@H](OC(C)=O)[C@@H]1OC(C)=O. The van der Waals surface area contributed by atoms with Gasteiger partial charge in [0.15, 0.2) is 24.5 Å². The minimum Gasteiger partial charge on any atom is -0.456 e. The Labute approximate surface area is 138 Å². The molecule has 0 aromatic carbocycles. The highest BCUT2D eigenvalue weighted by Gasteiger charge is 2.47. The number of hydrogen-bond acceptors (Lipinski definition) is 9. The average Bonchev–Trinajstić information content (AvgIpc) is 2.44. The molecule has 4 atom stereocenters. The molecule has 1 saturated heterocycles. The Kier molecular flexibility index (Phi) is 7.43. The van der Waals surface area contributed by atoms with Crippen LogP contribution in [0.5, 0.6) is 0 Å². The van der Waals surface area contributed by atoms with Gasteiger partial charge in [-0.05, 0) is 6.92 Å². The molecule has 0 unspecified atom stereocenters. The molecule has 136 valence electrons. The second-order valence-corrected chi connectivity index (χ2v) is 4.91. The van der Waals surface area contributed by atoms with Crippen molar-refractivity contribution < 1.29 is 42.9 Å². The first kappa shape index (κ1) is 19.7. The summed E-state index contributed by atoms with van der Waals surface area (Å²) in [5, 5.41) is 2.36. The molecule has 1 heterocycles. The average molecular weight is 347 g/mol. The first-order valence-corrected chi connectivity index (χ1v) is 7.31. The molecule has 0 aromatic heterocycles. The summed E-state index contributed by atoms with van der Waals surface area (Å²) in [7, 11) is 0. The highest BCUT2D eigenvalue weighted by Crippen LogP contribution is 2.23. The molecule has 1 fully saturated rings. The summed E-state index contributed by atoms with van der Waals surface area (Å²) in [5.74, 6) is -2.00. The number of ether oxygens (including phenoxy) is 5. The summed E-state index contributed by atoms with van der Waals surface area (Å²) in [6, 6.07) is 0. The van der Waals surface area contributed by atoms with Crippen LogP contribution in [0.4, 0.5) is 4.79 Å². The van der Waals surface area contributed by atoms with E-state index in [1.54, 1.807) is 6.92 Å². The standard InChI is InChI=1S/C14H21NO9/c1-5-20-14(19)15-13-12(24-9(4)18)11(23-8(3)17)10(6-21-13)22-7(2)16/h10-13H,5-6H2,1-4H3,(H,15,19)/t10-,11-,12+,13+/m1/s1. The van der Waals surface area contributed by atoms with E-state index in [2.05, 4.69) is 5.32 Å². The van der Waals surface area contributed by atoms with Crippen LogP contribution in [0.15, 0.2) is 0 Å². The zero-order chi connectivity index (χ0) is 18.3. The van der Waals surface area contributed by atoms with E-state index in [0.29, 0.717) is 0 Å². The van der Waals surface area contributed by atoms with Gasteiger partial charge in [0, 0.05) is 20.8 Å². The fourth-order valence-corrected chi connectivity index (χ4v) is 2.15. The second-order valence-electron chi connectivity index (χ2n) is 4.91. The van der Waals surface area contributed by atoms with Crippen molar-refractivity contribution in [2.75, 3.05) is 13.2 Å². The fraction of sp³-hybridized carbons (Fsp3) is 0.714. The predicted molar refractivity (Wildman–Crippen MR) is 76.6 cm³/mol. The molecule has 1 aliphatic rings. The summed E-state index contributed by atoms with van der Waals surface area (Å²) in [5.41, 5.74) is 0. The number of esters is 3. The highest BCUT2D eigenvalue weighted by atomic mass is 16.6. The molecule has 0 saturated carbocycles. The summed E-state index contributed by atoms with van der Waals surface area (Å²) in [6.07, 6.45) is -5.28. The number of carbonyl (C=O) groups is 4. The lowest BCUT2D eigenvalue weighted by Crippen LogP contribution is -2.62. The minimum absolute atomic E-state index is 0.125. The fourth-order valence-electron chi connectivity index (χ4n) is 2.15. The van der Waals surface area contributed by atoms with Gasteiger partial charge in [-0.2, -0.15) is 0 Å². The molecule has 1 rings (SSSR count). The molecule has 0 spiro atoms. The smallest absolute Gasteiger partial charge is 0.409 e. The highest BCUT2D eigenvalue weighted by molar-refractivity contribution is 5.69. The monoisotopic (exact) mass is 347 g/mol. The van der Waals surface area contributed by atoms with Gasteiger partial charge in [0.2, 0.25) is 0 Å². The summed E-state index contributed by atoms with van der Waals surface area (Å²) < 4.78 is 25.4. The molecule has 0 aromatic rings. The van der Waals surface area contributed by atoms with Gasteiger partial charge in [-0.3, -0.25) is 19.7 Å². The van der Waals surface area contributed by atoms with E-state index in [9.17, 15) is 19.2 Å². The van der Waals surface area contributed by atoms with E-state index in [1.165, 1.54) is 6.92 Å². The van der Waals surface area contributed by atoms with Crippen molar-refractivity contribution in [3.8, 4) is 0 Å². The van der Waals surface area contributed by atoms with E-state index in [-0.39, 0.29) is 13.2 Å². The lowest BCUT2D eigenvalue weighted by atomic mass is 10.0. The van der Waals surface area contributed by atoms with Gasteiger partial charge in [-0.15, -0.1) is 0 Å². The lowest BCUT2D eigenvalue weighted by molar-refractivity contribution is -0.228. The van der Waals surface area contributed by atoms with E-state index < -0.39 is 48.5 Å². The van der Waals surface area contributed by atoms with Crippen molar-refractivity contribution in [3.05, 3.63) is 0 Å². The zero-order valence-electron chi connectivity index (χ0n) is 13.9. The third kappa shape index (κ3) is 6.03. The van der Waals surface area contributed by atoms with Gasteiger partial charge < -0.3 is 23.7 Å². The molecule has 1 N–H and O–H groups in total. The first-order valence-electron chi connectivity index (χ1n) is 7.31. The van der Waals surface area contributed by atoms with Crippen LogP contribution in [-0.2, 0) is 38.1 Å². The molecule has 0 bridgehead atoms. The Morgan fingerprint density at radius 1 is 0.958 bits per heavy atom. The Morgan fingerprint density at radius 3 is 2.00 bits per heavy atom. The predicted octanol–water partition coefficient (Wildman–Crippen LogP) is -0.116. The van der Waals surface area contributed by atoms with Crippen molar-refractivity contribution in [2.24, 2.45) is 0 Å². The van der Waals surface area contributed by atoms with E-state index in [4.69, 9.17) is 23.7 Å². The van der Waals surface area contributed by atoms with Crippen molar-refractivity contribution in [2.45, 2.75) is 52.2 Å². The molecule has 24 heavy (non-hydrogen) atoms. The van der Waals surface area contributed by atoms with Crippen molar-refractivity contribution in [1.82, 2.24) is 5.32 Å². The quantitative estimate of drug-likeness (QED) is 0.535. The second kappa shape index (κ2) is 9.06. The number of rotatable bonds is 5. The number of alkyl carbamates (subject to hydrolysis) is 1. The van der Waals surface area contributed by atoms with Gasteiger partial charge in [0.05, 0.1) is 13.2 Å². The molecule has 1 aliphatic heterocycles. The van der Waals surface area contributed by atoms with Crippen LogP contribution >= 0.6 is 0 Å². The molecular weight excluding hydrogens is 326 g/mol. The van der Waals surface area contributed by atoms with Crippen LogP contribution in [0.25, 0.3) is 0 Å². The molecule has 10 nitrogen and oxygen atoms in total. The van der Waals surface area contributed by atoms with Gasteiger partial charge >= 0.3 is 24.0 Å². The van der Waals surface area contributed by atoms with Crippen LogP contribution in [-0.4, -0.2) is 61.8 Å². The van der Waals surface area contributed by atoms with Gasteiger partial charge in [0.1, 0.15) is 0 Å². The summed E-state index contributed by atoms with van der Waals surface area (Å²) in [6.45, 7) is 5.03. The number of carbonyl (C=O) groups excluding carboxylic acids is 4. The van der Waals surface area contributed by atoms with Gasteiger partial charge in [0.25, 0.3) is 0 Å². The van der Waals surface area contributed by atoms with Crippen LogP contribution in [0, 0.1) is 0 Å². The molecular formula is C14H21NO9. The van der Waals surface area contributed by atoms with Crippen molar-refractivity contribution >= 4 is 24.0 Å². The van der Waals surface area contributed by atoms with Gasteiger partial charge in [-0.25, -0.2) is 4.79 Å². The van der Waals surface area contributed by atoms with Crippen LogP contribution in [0.2, 0.25) is 0 Å². The summed E-state index contributed by atoms with van der Waals surface area (Å²) in [4.78, 5) is 45.5. The minimum atomic E-state index is -1.21. The molecule has 10 heteroatoms. The van der Waals surface area contributed by atoms with Crippen molar-refractivity contribution in [1.29, 1.82) is 0 Å². The van der Waals surface area contributed by atoms with E-state index in [0.717, 1.165) is 13.8 Å². The Morgan fingerprint density at radius 2 is 1.50 bits per heavy atom. The normalized spacial score (nSPS) is 26.0. The largest absolute Gasteiger partial charge is 0.456 e. The maximum absolute atomic E-state index is 11.6.